The summed E-state index contributed by atoms with van der Waals surface area (Å²) in [6, 6.07) is 3.87. The van der Waals surface area contributed by atoms with Gasteiger partial charge in [-0.1, -0.05) is 5.57 Å². The summed E-state index contributed by atoms with van der Waals surface area (Å²) >= 11 is 0. The molecule has 5 nitrogen and oxygen atoms in total. The average Bonchev–Trinajstić information content (AvgIpc) is 2.98. The van der Waals surface area contributed by atoms with Crippen molar-refractivity contribution in [3.05, 3.63) is 29.7 Å². The monoisotopic (exact) mass is 360 g/mol. The Morgan fingerprint density at radius 3 is 2.74 bits per heavy atom. The zero-order valence-electron chi connectivity index (χ0n) is 13.6. The molecule has 0 amide bonds. The Hall–Kier alpha value is -0.820. The molecule has 130 valence electrons. The van der Waals surface area contributed by atoms with Crippen LogP contribution in [0, 0.1) is 11.8 Å². The Labute approximate surface area is 144 Å². The SMILES string of the molecule is CC(=Cc1ccco1)CN1C[C@H](NS(C)(=O)=O)[C@@H](C2CC2)C1.Cl. The van der Waals surface area contributed by atoms with E-state index in [-0.39, 0.29) is 18.4 Å². The summed E-state index contributed by atoms with van der Waals surface area (Å²) in [6.07, 6.45) is 7.44. The van der Waals surface area contributed by atoms with Gasteiger partial charge in [0, 0.05) is 25.7 Å². The van der Waals surface area contributed by atoms with E-state index >= 15 is 0 Å². The molecule has 2 atom stereocenters. The van der Waals surface area contributed by atoms with Crippen molar-refractivity contribution >= 4 is 28.5 Å². The van der Waals surface area contributed by atoms with E-state index in [4.69, 9.17) is 4.42 Å². The van der Waals surface area contributed by atoms with E-state index in [1.54, 1.807) is 6.26 Å². The van der Waals surface area contributed by atoms with Crippen LogP contribution < -0.4 is 4.72 Å². The van der Waals surface area contributed by atoms with E-state index in [1.807, 2.05) is 18.2 Å². The number of likely N-dealkylation sites (tertiary alicyclic amines) is 1. The van der Waals surface area contributed by atoms with E-state index in [9.17, 15) is 8.42 Å². The van der Waals surface area contributed by atoms with E-state index in [2.05, 4.69) is 16.5 Å². The largest absolute Gasteiger partial charge is 0.465 e. The summed E-state index contributed by atoms with van der Waals surface area (Å²) < 4.78 is 31.3. The predicted octanol–water partition coefficient (Wildman–Crippen LogP) is 2.36. The molecule has 1 aliphatic carbocycles. The second-order valence-corrected chi connectivity index (χ2v) is 8.48. The van der Waals surface area contributed by atoms with Crippen molar-refractivity contribution in [3.8, 4) is 0 Å². The van der Waals surface area contributed by atoms with Crippen LogP contribution >= 0.6 is 12.4 Å². The lowest BCUT2D eigenvalue weighted by Crippen LogP contribution is -2.40. The number of halogens is 1. The second kappa shape index (κ2) is 7.38. The number of nitrogens with one attached hydrogen (secondary N) is 1. The Morgan fingerprint density at radius 2 is 2.17 bits per heavy atom. The third kappa shape index (κ3) is 5.35. The molecule has 0 bridgehead atoms. The molecule has 0 unspecified atom stereocenters. The molecule has 1 N–H and O–H groups in total. The fourth-order valence-electron chi connectivity index (χ4n) is 3.46. The molecule has 23 heavy (non-hydrogen) atoms. The van der Waals surface area contributed by atoms with Crippen molar-refractivity contribution in [2.24, 2.45) is 11.8 Å². The molecule has 1 aliphatic heterocycles. The minimum Gasteiger partial charge on any atom is -0.465 e. The Balaban J connectivity index is 0.00000192. The second-order valence-electron chi connectivity index (χ2n) is 6.70. The van der Waals surface area contributed by atoms with Gasteiger partial charge in [-0.25, -0.2) is 13.1 Å². The van der Waals surface area contributed by atoms with Crippen LogP contribution in [0.4, 0.5) is 0 Å². The first-order valence-corrected chi connectivity index (χ1v) is 9.70. The van der Waals surface area contributed by atoms with Crippen molar-refractivity contribution in [3.63, 3.8) is 0 Å². The number of furan rings is 1. The summed E-state index contributed by atoms with van der Waals surface area (Å²) in [5.74, 6) is 2.01. The molecule has 1 saturated carbocycles. The quantitative estimate of drug-likeness (QED) is 0.846. The number of hydrogen-bond acceptors (Lipinski definition) is 4. The fourth-order valence-corrected chi connectivity index (χ4v) is 4.26. The zero-order chi connectivity index (χ0) is 15.7. The van der Waals surface area contributed by atoms with Gasteiger partial charge in [0.2, 0.25) is 10.0 Å². The minimum absolute atomic E-state index is 0. The summed E-state index contributed by atoms with van der Waals surface area (Å²) in [5, 5.41) is 0. The smallest absolute Gasteiger partial charge is 0.209 e. The maximum absolute atomic E-state index is 11.6. The molecular weight excluding hydrogens is 336 g/mol. The molecule has 7 heteroatoms. The van der Waals surface area contributed by atoms with Crippen LogP contribution in [0.1, 0.15) is 25.5 Å². The van der Waals surface area contributed by atoms with E-state index in [0.717, 1.165) is 25.4 Å². The van der Waals surface area contributed by atoms with Gasteiger partial charge < -0.3 is 4.42 Å². The van der Waals surface area contributed by atoms with Crippen molar-refractivity contribution in [2.75, 3.05) is 25.9 Å². The van der Waals surface area contributed by atoms with Crippen molar-refractivity contribution < 1.29 is 12.8 Å². The highest BCUT2D eigenvalue weighted by Crippen LogP contribution is 2.41. The predicted molar refractivity (Wildman–Crippen MR) is 94.0 cm³/mol. The first-order valence-electron chi connectivity index (χ1n) is 7.81. The number of hydrogen-bond donors (Lipinski definition) is 1. The van der Waals surface area contributed by atoms with E-state index < -0.39 is 10.0 Å². The van der Waals surface area contributed by atoms with Crippen LogP contribution in [-0.2, 0) is 10.0 Å². The first-order chi connectivity index (χ1) is 10.4. The Morgan fingerprint density at radius 1 is 1.43 bits per heavy atom. The van der Waals surface area contributed by atoms with Crippen molar-refractivity contribution in [2.45, 2.75) is 25.8 Å². The van der Waals surface area contributed by atoms with Crippen LogP contribution in [0.2, 0.25) is 0 Å². The summed E-state index contributed by atoms with van der Waals surface area (Å²) in [4.78, 5) is 2.35. The maximum atomic E-state index is 11.6. The van der Waals surface area contributed by atoms with Gasteiger partial charge in [0.1, 0.15) is 5.76 Å². The number of rotatable bonds is 6. The van der Waals surface area contributed by atoms with Crippen LogP contribution in [0.3, 0.4) is 0 Å². The van der Waals surface area contributed by atoms with Crippen LogP contribution in [0.25, 0.3) is 6.08 Å². The normalized spacial score (nSPS) is 26.3. The van der Waals surface area contributed by atoms with Gasteiger partial charge in [-0.05, 0) is 49.8 Å². The fraction of sp³-hybridized carbons (Fsp3) is 0.625. The molecule has 3 rings (SSSR count). The molecule has 0 aromatic carbocycles. The lowest BCUT2D eigenvalue weighted by molar-refractivity contribution is 0.342. The molecule has 2 aliphatic rings. The molecule has 1 saturated heterocycles. The van der Waals surface area contributed by atoms with Crippen molar-refractivity contribution in [1.82, 2.24) is 9.62 Å². The van der Waals surface area contributed by atoms with Crippen LogP contribution in [0.5, 0.6) is 0 Å². The lowest BCUT2D eigenvalue weighted by Gasteiger charge is -2.17. The van der Waals surface area contributed by atoms with Crippen molar-refractivity contribution in [1.29, 1.82) is 0 Å². The summed E-state index contributed by atoms with van der Waals surface area (Å²) in [6.45, 7) is 4.70. The molecular formula is C16H25ClN2O3S. The average molecular weight is 361 g/mol. The maximum Gasteiger partial charge on any atom is 0.209 e. The zero-order valence-corrected chi connectivity index (χ0v) is 15.2. The van der Waals surface area contributed by atoms with Crippen LogP contribution in [0.15, 0.2) is 28.4 Å². The molecule has 2 fully saturated rings. The molecule has 1 aromatic heterocycles. The molecule has 1 aromatic rings. The standard InChI is InChI=1S/C16H24N2O3S.ClH/c1-12(8-14-4-3-7-21-14)9-18-10-15(13-5-6-13)16(11-18)17-22(2,19)20;/h3-4,7-8,13,15-17H,5-6,9-11H2,1-2H3;1H/t15-,16+;/m1./s1. The van der Waals surface area contributed by atoms with Gasteiger partial charge in [0.05, 0.1) is 12.5 Å². The number of nitrogens with zero attached hydrogens (tertiary/aromatic N) is 1. The molecule has 2 heterocycles. The van der Waals surface area contributed by atoms with E-state index in [0.29, 0.717) is 11.8 Å². The highest BCUT2D eigenvalue weighted by atomic mass is 35.5. The van der Waals surface area contributed by atoms with Gasteiger partial charge in [0.15, 0.2) is 0 Å². The van der Waals surface area contributed by atoms with Crippen LogP contribution in [-0.4, -0.2) is 45.2 Å². The summed E-state index contributed by atoms with van der Waals surface area (Å²) in [7, 11) is -3.15. The van der Waals surface area contributed by atoms with Gasteiger partial charge in [-0.2, -0.15) is 0 Å². The summed E-state index contributed by atoms with van der Waals surface area (Å²) in [5.41, 5.74) is 1.23. The number of sulfonamides is 1. The third-order valence-corrected chi connectivity index (χ3v) is 5.17. The van der Waals surface area contributed by atoms with Gasteiger partial charge >= 0.3 is 0 Å². The highest BCUT2D eigenvalue weighted by Gasteiger charge is 2.43. The van der Waals surface area contributed by atoms with Gasteiger partial charge in [-0.15, -0.1) is 12.4 Å². The molecule has 0 radical (unpaired) electrons. The first kappa shape index (κ1) is 18.5. The van der Waals surface area contributed by atoms with Gasteiger partial charge in [0.25, 0.3) is 0 Å². The topological polar surface area (TPSA) is 62.6 Å². The van der Waals surface area contributed by atoms with Gasteiger partial charge in [-0.3, -0.25) is 4.90 Å². The Kier molecular flexibility index (Phi) is 5.94. The highest BCUT2D eigenvalue weighted by molar-refractivity contribution is 7.88. The third-order valence-electron chi connectivity index (χ3n) is 4.44. The molecule has 0 spiro atoms. The Bertz CT molecular complexity index is 638. The van der Waals surface area contributed by atoms with E-state index in [1.165, 1.54) is 24.7 Å². The lowest BCUT2D eigenvalue weighted by atomic mass is 9.99. The minimum atomic E-state index is -3.15.